The van der Waals surface area contributed by atoms with Gasteiger partial charge in [-0.05, 0) is 55.0 Å². The first-order valence-corrected chi connectivity index (χ1v) is 6.78. The van der Waals surface area contributed by atoms with E-state index in [2.05, 4.69) is 4.99 Å². The van der Waals surface area contributed by atoms with E-state index in [-0.39, 0.29) is 5.82 Å². The molecule has 0 spiro atoms. The van der Waals surface area contributed by atoms with Gasteiger partial charge in [-0.1, -0.05) is 17.7 Å². The smallest absolute Gasteiger partial charge is 0.123 e. The number of allylic oxidation sites excluding steroid dienone is 1. The largest absolute Gasteiger partial charge is 0.497 e. The van der Waals surface area contributed by atoms with Gasteiger partial charge in [0, 0.05) is 16.8 Å². The van der Waals surface area contributed by atoms with Crippen molar-refractivity contribution in [2.75, 3.05) is 7.11 Å². The minimum absolute atomic E-state index is 0.310. The highest BCUT2D eigenvalue weighted by molar-refractivity contribution is 6.31. The molecule has 108 valence electrons. The summed E-state index contributed by atoms with van der Waals surface area (Å²) in [5.41, 5.74) is 2.25. The minimum Gasteiger partial charge on any atom is -0.497 e. The summed E-state index contributed by atoms with van der Waals surface area (Å²) < 4.78 is 18.5. The van der Waals surface area contributed by atoms with Gasteiger partial charge >= 0.3 is 0 Å². The van der Waals surface area contributed by atoms with Crippen molar-refractivity contribution in [1.82, 2.24) is 0 Å². The number of halogens is 2. The molecule has 0 aliphatic carbocycles. The Kier molecular flexibility index (Phi) is 5.12. The quantitative estimate of drug-likeness (QED) is 0.713. The van der Waals surface area contributed by atoms with E-state index in [0.717, 1.165) is 17.0 Å². The van der Waals surface area contributed by atoms with Crippen molar-refractivity contribution in [2.45, 2.75) is 6.92 Å². The summed E-state index contributed by atoms with van der Waals surface area (Å²) in [6.07, 6.45) is 3.40. The SMILES string of the molecule is COc1ccc(/N=C/c2cc(F)ccc2/C=C(/C)Cl)cc1. The number of hydrogen-bond acceptors (Lipinski definition) is 2. The highest BCUT2D eigenvalue weighted by atomic mass is 35.5. The lowest BCUT2D eigenvalue weighted by Crippen LogP contribution is -1.89. The molecule has 4 heteroatoms. The average Bonchev–Trinajstić information content (AvgIpc) is 2.47. The second-order valence-corrected chi connectivity index (χ2v) is 5.06. The fourth-order valence-electron chi connectivity index (χ4n) is 1.82. The van der Waals surface area contributed by atoms with Crippen LogP contribution in [-0.2, 0) is 0 Å². The highest BCUT2D eigenvalue weighted by Gasteiger charge is 2.01. The summed E-state index contributed by atoms with van der Waals surface area (Å²) in [5, 5.41) is 0.626. The van der Waals surface area contributed by atoms with E-state index >= 15 is 0 Å². The molecule has 2 rings (SSSR count). The van der Waals surface area contributed by atoms with Crippen LogP contribution in [0.15, 0.2) is 52.5 Å². The topological polar surface area (TPSA) is 21.6 Å². The monoisotopic (exact) mass is 303 g/mol. The maximum atomic E-state index is 13.4. The summed E-state index contributed by atoms with van der Waals surface area (Å²) >= 11 is 5.88. The molecule has 0 fully saturated rings. The molecule has 0 bridgehead atoms. The molecule has 21 heavy (non-hydrogen) atoms. The van der Waals surface area contributed by atoms with E-state index in [1.165, 1.54) is 12.1 Å². The van der Waals surface area contributed by atoms with Crippen molar-refractivity contribution in [3.63, 3.8) is 0 Å². The molecule has 2 aromatic rings. The fourth-order valence-corrected chi connectivity index (χ4v) is 1.93. The van der Waals surface area contributed by atoms with Crippen LogP contribution in [0.2, 0.25) is 0 Å². The predicted octanol–water partition coefficient (Wildman–Crippen LogP) is 5.18. The van der Waals surface area contributed by atoms with E-state index in [1.54, 1.807) is 32.4 Å². The van der Waals surface area contributed by atoms with Gasteiger partial charge in [0.15, 0.2) is 0 Å². The summed E-state index contributed by atoms with van der Waals surface area (Å²) in [6, 6.07) is 11.8. The summed E-state index contributed by atoms with van der Waals surface area (Å²) in [4.78, 5) is 4.34. The first kappa shape index (κ1) is 15.3. The van der Waals surface area contributed by atoms with E-state index in [0.29, 0.717) is 10.6 Å². The van der Waals surface area contributed by atoms with Crippen molar-refractivity contribution >= 4 is 29.6 Å². The molecular weight excluding hydrogens is 289 g/mol. The van der Waals surface area contributed by atoms with Crippen molar-refractivity contribution in [1.29, 1.82) is 0 Å². The second-order valence-electron chi connectivity index (χ2n) is 4.46. The van der Waals surface area contributed by atoms with Gasteiger partial charge in [-0.25, -0.2) is 4.39 Å². The molecule has 2 aromatic carbocycles. The van der Waals surface area contributed by atoms with Crippen molar-refractivity contribution in [2.24, 2.45) is 4.99 Å². The molecule has 0 aliphatic heterocycles. The Morgan fingerprint density at radius 1 is 1.14 bits per heavy atom. The van der Waals surface area contributed by atoms with Gasteiger partial charge in [-0.3, -0.25) is 4.99 Å². The van der Waals surface area contributed by atoms with Gasteiger partial charge in [-0.15, -0.1) is 0 Å². The Bertz CT molecular complexity index is 674. The van der Waals surface area contributed by atoms with Crippen LogP contribution in [0.5, 0.6) is 5.75 Å². The number of ether oxygens (including phenoxy) is 1. The third-order valence-corrected chi connectivity index (χ3v) is 2.94. The van der Waals surface area contributed by atoms with Crippen molar-refractivity contribution in [3.8, 4) is 5.75 Å². The highest BCUT2D eigenvalue weighted by Crippen LogP contribution is 2.19. The maximum Gasteiger partial charge on any atom is 0.123 e. The third-order valence-electron chi connectivity index (χ3n) is 2.83. The Labute approximate surface area is 128 Å². The van der Waals surface area contributed by atoms with Gasteiger partial charge in [0.25, 0.3) is 0 Å². The lowest BCUT2D eigenvalue weighted by Gasteiger charge is -2.02. The number of methoxy groups -OCH3 is 1. The molecule has 0 radical (unpaired) electrons. The standard InChI is InChI=1S/C17H15ClFNO/c1-12(18)9-13-3-4-15(19)10-14(13)11-20-16-5-7-17(21-2)8-6-16/h3-11H,1-2H3/b12-9-,20-11+. The van der Waals surface area contributed by atoms with Crippen LogP contribution < -0.4 is 4.74 Å². The summed E-state index contributed by atoms with van der Waals surface area (Å²) in [5.74, 6) is 0.455. The number of hydrogen-bond donors (Lipinski definition) is 0. The van der Waals surface area contributed by atoms with E-state index in [1.807, 2.05) is 24.3 Å². The molecule has 0 N–H and O–H groups in total. The van der Waals surface area contributed by atoms with E-state index in [4.69, 9.17) is 16.3 Å². The molecule has 0 aromatic heterocycles. The van der Waals surface area contributed by atoms with Crippen LogP contribution in [0.25, 0.3) is 6.08 Å². The van der Waals surface area contributed by atoms with Gasteiger partial charge < -0.3 is 4.74 Å². The zero-order chi connectivity index (χ0) is 15.2. The molecule has 0 saturated carbocycles. The van der Waals surface area contributed by atoms with E-state index in [9.17, 15) is 4.39 Å². The van der Waals surface area contributed by atoms with Crippen molar-refractivity contribution < 1.29 is 9.13 Å². The summed E-state index contributed by atoms with van der Waals surface area (Å²) in [6.45, 7) is 1.77. The number of benzene rings is 2. The van der Waals surface area contributed by atoms with Crippen LogP contribution in [0.3, 0.4) is 0 Å². The first-order chi connectivity index (χ1) is 10.1. The normalized spacial score (nSPS) is 11.9. The molecule has 0 heterocycles. The molecule has 0 amide bonds. The van der Waals surface area contributed by atoms with E-state index < -0.39 is 0 Å². The fraction of sp³-hybridized carbons (Fsp3) is 0.118. The molecular formula is C17H15ClFNO. The average molecular weight is 304 g/mol. The number of aliphatic imine (C=N–C) groups is 1. The molecule has 0 aliphatic rings. The van der Waals surface area contributed by atoms with Crippen LogP contribution in [0.1, 0.15) is 18.1 Å². The number of rotatable bonds is 4. The van der Waals surface area contributed by atoms with Gasteiger partial charge in [0.05, 0.1) is 12.8 Å². The predicted molar refractivity (Wildman–Crippen MR) is 86.2 cm³/mol. The maximum absolute atomic E-state index is 13.4. The van der Waals surface area contributed by atoms with Crippen LogP contribution in [0, 0.1) is 5.82 Å². The Balaban J connectivity index is 2.30. The lowest BCUT2D eigenvalue weighted by molar-refractivity contribution is 0.415. The van der Waals surface area contributed by atoms with Gasteiger partial charge in [-0.2, -0.15) is 0 Å². The Hall–Kier alpha value is -2.13. The van der Waals surface area contributed by atoms with Crippen LogP contribution in [0.4, 0.5) is 10.1 Å². The zero-order valence-electron chi connectivity index (χ0n) is 11.8. The third kappa shape index (κ3) is 4.43. The molecule has 0 unspecified atom stereocenters. The summed E-state index contributed by atoms with van der Waals surface area (Å²) in [7, 11) is 1.61. The Morgan fingerprint density at radius 2 is 1.86 bits per heavy atom. The zero-order valence-corrected chi connectivity index (χ0v) is 12.6. The molecule has 0 saturated heterocycles. The lowest BCUT2D eigenvalue weighted by atomic mass is 10.1. The van der Waals surface area contributed by atoms with Crippen LogP contribution in [-0.4, -0.2) is 13.3 Å². The Morgan fingerprint density at radius 3 is 2.48 bits per heavy atom. The number of nitrogens with zero attached hydrogens (tertiary/aromatic N) is 1. The first-order valence-electron chi connectivity index (χ1n) is 6.40. The van der Waals surface area contributed by atoms with Gasteiger partial charge in [0.2, 0.25) is 0 Å². The molecule has 2 nitrogen and oxygen atoms in total. The molecule has 0 atom stereocenters. The minimum atomic E-state index is -0.310. The van der Waals surface area contributed by atoms with Gasteiger partial charge in [0.1, 0.15) is 11.6 Å². The second kappa shape index (κ2) is 7.04. The van der Waals surface area contributed by atoms with Crippen molar-refractivity contribution in [3.05, 3.63) is 64.4 Å². The van der Waals surface area contributed by atoms with Crippen LogP contribution >= 0.6 is 11.6 Å².